The number of pyridine rings is 1. The van der Waals surface area contributed by atoms with Gasteiger partial charge in [0.15, 0.2) is 0 Å². The highest BCUT2D eigenvalue weighted by molar-refractivity contribution is 5.99. The van der Waals surface area contributed by atoms with E-state index < -0.39 is 5.41 Å². The van der Waals surface area contributed by atoms with Crippen molar-refractivity contribution in [1.29, 1.82) is 0 Å². The number of hydrogen-bond donors (Lipinski definition) is 1. The van der Waals surface area contributed by atoms with Crippen LogP contribution in [0.2, 0.25) is 0 Å². The molecule has 0 spiro atoms. The van der Waals surface area contributed by atoms with Gasteiger partial charge >= 0.3 is 0 Å². The molecule has 5 heteroatoms. The van der Waals surface area contributed by atoms with Gasteiger partial charge in [-0.2, -0.15) is 0 Å². The van der Waals surface area contributed by atoms with Gasteiger partial charge in [-0.1, -0.05) is 18.6 Å². The molecule has 0 bridgehead atoms. The summed E-state index contributed by atoms with van der Waals surface area (Å²) in [6.45, 7) is 2.10. The zero-order valence-electron chi connectivity index (χ0n) is 14.2. The van der Waals surface area contributed by atoms with E-state index in [1.54, 1.807) is 18.3 Å². The Balaban J connectivity index is 1.49. The molecule has 2 heterocycles. The molecule has 1 saturated heterocycles. The molecule has 1 aromatic heterocycles. The van der Waals surface area contributed by atoms with Crippen LogP contribution < -0.4 is 10.2 Å². The van der Waals surface area contributed by atoms with Crippen LogP contribution in [0.15, 0.2) is 42.6 Å². The van der Waals surface area contributed by atoms with Crippen LogP contribution in [0.5, 0.6) is 0 Å². The lowest BCUT2D eigenvalue weighted by atomic mass is 9.64. The van der Waals surface area contributed by atoms with Crippen molar-refractivity contribution in [1.82, 2.24) is 4.98 Å². The highest BCUT2D eigenvalue weighted by atomic mass is 19.1. The normalized spacial score (nSPS) is 18.7. The second-order valence-electron chi connectivity index (χ2n) is 7.00. The predicted molar refractivity (Wildman–Crippen MR) is 96.2 cm³/mol. The quantitative estimate of drug-likeness (QED) is 0.919. The zero-order valence-corrected chi connectivity index (χ0v) is 14.2. The second kappa shape index (κ2) is 6.47. The molecule has 1 amide bonds. The van der Waals surface area contributed by atoms with E-state index >= 15 is 0 Å². The van der Waals surface area contributed by atoms with Crippen LogP contribution in [0.1, 0.15) is 37.7 Å². The van der Waals surface area contributed by atoms with Gasteiger partial charge in [-0.3, -0.25) is 4.79 Å². The summed E-state index contributed by atoms with van der Waals surface area (Å²) < 4.78 is 13.2. The Morgan fingerprint density at radius 2 is 1.76 bits per heavy atom. The van der Waals surface area contributed by atoms with Gasteiger partial charge in [-0.05, 0) is 55.5 Å². The third kappa shape index (κ3) is 2.99. The van der Waals surface area contributed by atoms with Gasteiger partial charge in [-0.25, -0.2) is 9.37 Å². The molecule has 0 radical (unpaired) electrons. The first-order valence-electron chi connectivity index (χ1n) is 8.96. The van der Waals surface area contributed by atoms with Crippen LogP contribution in [-0.2, 0) is 10.2 Å². The Bertz CT molecular complexity index is 748. The van der Waals surface area contributed by atoms with Crippen LogP contribution in [0.4, 0.5) is 15.9 Å². The number of aromatic nitrogens is 1. The molecular weight excluding hydrogens is 317 g/mol. The first-order chi connectivity index (χ1) is 12.2. The maximum Gasteiger partial charge on any atom is 0.235 e. The third-order valence-electron chi connectivity index (χ3n) is 5.47. The summed E-state index contributed by atoms with van der Waals surface area (Å²) in [6.07, 6.45) is 6.74. The van der Waals surface area contributed by atoms with Crippen molar-refractivity contribution < 1.29 is 9.18 Å². The fourth-order valence-electron chi connectivity index (χ4n) is 3.79. The van der Waals surface area contributed by atoms with Gasteiger partial charge in [0.1, 0.15) is 11.6 Å². The number of nitrogens with one attached hydrogen (secondary N) is 1. The summed E-state index contributed by atoms with van der Waals surface area (Å²) in [5.74, 6) is 0.661. The first kappa shape index (κ1) is 16.1. The van der Waals surface area contributed by atoms with Crippen molar-refractivity contribution in [3.8, 4) is 0 Å². The molecule has 1 aliphatic heterocycles. The van der Waals surface area contributed by atoms with Gasteiger partial charge in [0.05, 0.1) is 17.3 Å². The molecule has 0 unspecified atom stereocenters. The van der Waals surface area contributed by atoms with Crippen LogP contribution in [-0.4, -0.2) is 24.0 Å². The highest BCUT2D eigenvalue weighted by Gasteiger charge is 2.45. The summed E-state index contributed by atoms with van der Waals surface area (Å²) in [5.41, 5.74) is 1.06. The lowest BCUT2D eigenvalue weighted by Crippen LogP contribution is -2.46. The van der Waals surface area contributed by atoms with E-state index in [0.29, 0.717) is 5.69 Å². The fourth-order valence-corrected chi connectivity index (χ4v) is 3.79. The number of nitrogens with zero attached hydrogens (tertiary/aromatic N) is 2. The number of rotatable bonds is 4. The summed E-state index contributed by atoms with van der Waals surface area (Å²) in [4.78, 5) is 19.6. The maximum atomic E-state index is 13.2. The summed E-state index contributed by atoms with van der Waals surface area (Å²) in [7, 11) is 0. The third-order valence-corrected chi connectivity index (χ3v) is 5.47. The van der Waals surface area contributed by atoms with E-state index in [0.717, 1.165) is 43.7 Å². The minimum atomic E-state index is -0.540. The smallest absolute Gasteiger partial charge is 0.235 e. The van der Waals surface area contributed by atoms with E-state index in [9.17, 15) is 9.18 Å². The highest BCUT2D eigenvalue weighted by Crippen LogP contribution is 2.44. The van der Waals surface area contributed by atoms with Crippen LogP contribution in [0, 0.1) is 5.82 Å². The fraction of sp³-hybridized carbons (Fsp3) is 0.400. The van der Waals surface area contributed by atoms with Gasteiger partial charge in [0.25, 0.3) is 0 Å². The molecule has 1 N–H and O–H groups in total. The first-order valence-corrected chi connectivity index (χ1v) is 8.96. The van der Waals surface area contributed by atoms with Crippen molar-refractivity contribution in [3.05, 3.63) is 54.0 Å². The van der Waals surface area contributed by atoms with Gasteiger partial charge in [0, 0.05) is 13.1 Å². The Labute approximate surface area is 147 Å². The zero-order chi connectivity index (χ0) is 17.3. The molecule has 2 aliphatic rings. The number of carbonyl (C=O) groups is 1. The molecule has 2 aromatic rings. The monoisotopic (exact) mass is 339 g/mol. The number of benzene rings is 1. The Morgan fingerprint density at radius 1 is 1.04 bits per heavy atom. The lowest BCUT2D eigenvalue weighted by molar-refractivity contribution is -0.124. The van der Waals surface area contributed by atoms with Crippen LogP contribution >= 0.6 is 0 Å². The van der Waals surface area contributed by atoms with Crippen molar-refractivity contribution in [2.75, 3.05) is 23.3 Å². The molecule has 25 heavy (non-hydrogen) atoms. The maximum absolute atomic E-state index is 13.2. The molecule has 2 fully saturated rings. The largest absolute Gasteiger partial charge is 0.357 e. The number of carbonyl (C=O) groups excluding carboxylic acids is 1. The van der Waals surface area contributed by atoms with E-state index in [1.165, 1.54) is 25.0 Å². The number of anilines is 2. The molecule has 4 nitrogen and oxygen atoms in total. The summed E-state index contributed by atoms with van der Waals surface area (Å²) >= 11 is 0. The Kier molecular flexibility index (Phi) is 4.15. The van der Waals surface area contributed by atoms with Gasteiger partial charge in [0.2, 0.25) is 5.91 Å². The lowest BCUT2D eigenvalue weighted by Gasteiger charge is -2.40. The van der Waals surface area contributed by atoms with Crippen LogP contribution in [0.3, 0.4) is 0 Å². The predicted octanol–water partition coefficient (Wildman–Crippen LogP) is 3.88. The van der Waals surface area contributed by atoms with Crippen molar-refractivity contribution >= 4 is 17.4 Å². The summed E-state index contributed by atoms with van der Waals surface area (Å²) in [6, 6.07) is 10.2. The molecule has 4 rings (SSSR count). The molecule has 1 aromatic carbocycles. The Hall–Kier alpha value is -2.43. The standard InChI is InChI=1S/C20H22FN3O/c21-16-6-4-15(5-7-16)20(10-3-11-20)19(25)23-17-8-9-18(22-14-17)24-12-1-2-13-24/h4-9,14H,1-3,10-13H2,(H,23,25). The molecule has 1 aliphatic carbocycles. The number of hydrogen-bond acceptors (Lipinski definition) is 3. The number of halogens is 1. The average Bonchev–Trinajstić information content (AvgIpc) is 3.11. The molecule has 0 atom stereocenters. The van der Waals surface area contributed by atoms with Crippen molar-refractivity contribution in [3.63, 3.8) is 0 Å². The average molecular weight is 339 g/mol. The molecule has 130 valence electrons. The van der Waals surface area contributed by atoms with Gasteiger partial charge in [-0.15, -0.1) is 0 Å². The SMILES string of the molecule is O=C(Nc1ccc(N2CCCC2)nc1)C1(c2ccc(F)cc2)CCC1. The summed E-state index contributed by atoms with van der Waals surface area (Å²) in [5, 5.41) is 3.00. The van der Waals surface area contributed by atoms with E-state index in [-0.39, 0.29) is 11.7 Å². The second-order valence-corrected chi connectivity index (χ2v) is 7.00. The number of amides is 1. The van der Waals surface area contributed by atoms with Crippen LogP contribution in [0.25, 0.3) is 0 Å². The Morgan fingerprint density at radius 3 is 2.32 bits per heavy atom. The van der Waals surface area contributed by atoms with E-state index in [2.05, 4.69) is 15.2 Å². The molecule has 1 saturated carbocycles. The topological polar surface area (TPSA) is 45.2 Å². The minimum absolute atomic E-state index is 0.0268. The molecular formula is C20H22FN3O. The van der Waals surface area contributed by atoms with Gasteiger partial charge < -0.3 is 10.2 Å². The van der Waals surface area contributed by atoms with Crippen molar-refractivity contribution in [2.24, 2.45) is 0 Å². The van der Waals surface area contributed by atoms with E-state index in [4.69, 9.17) is 0 Å². The van der Waals surface area contributed by atoms with Crippen molar-refractivity contribution in [2.45, 2.75) is 37.5 Å². The minimum Gasteiger partial charge on any atom is -0.357 e. The van der Waals surface area contributed by atoms with E-state index in [1.807, 2.05) is 12.1 Å².